The Hall–Kier alpha value is -1.02. The first kappa shape index (κ1) is 13.0. The fraction of sp³-hybridized carbons (Fsp3) is 0.647. The average molecular weight is 258 g/mol. The van der Waals surface area contributed by atoms with Gasteiger partial charge < -0.3 is 10.2 Å². The third kappa shape index (κ3) is 2.51. The molecular formula is C17H26N2. The standard InChI is InChI=1S/C17H26N2/c1-16(2,3)14-5-7-15(8-6-14)19-10-4-9-17(13-19)11-18-12-17/h5-8,18H,4,9-13H2,1-3H3. The molecule has 2 fully saturated rings. The van der Waals surface area contributed by atoms with Crippen molar-refractivity contribution >= 4 is 5.69 Å². The summed E-state index contributed by atoms with van der Waals surface area (Å²) in [4.78, 5) is 2.58. The zero-order valence-electron chi connectivity index (χ0n) is 12.5. The van der Waals surface area contributed by atoms with E-state index in [0.717, 1.165) is 0 Å². The van der Waals surface area contributed by atoms with Crippen LogP contribution in [0.3, 0.4) is 0 Å². The van der Waals surface area contributed by atoms with Gasteiger partial charge in [0.1, 0.15) is 0 Å². The van der Waals surface area contributed by atoms with Crippen molar-refractivity contribution in [1.29, 1.82) is 0 Å². The van der Waals surface area contributed by atoms with Gasteiger partial charge in [0.05, 0.1) is 0 Å². The number of anilines is 1. The fourth-order valence-electron chi connectivity index (χ4n) is 3.37. The first-order chi connectivity index (χ1) is 8.99. The fourth-order valence-corrected chi connectivity index (χ4v) is 3.37. The lowest BCUT2D eigenvalue weighted by atomic mass is 9.75. The van der Waals surface area contributed by atoms with Crippen LogP contribution in [0.5, 0.6) is 0 Å². The molecule has 19 heavy (non-hydrogen) atoms. The van der Waals surface area contributed by atoms with Gasteiger partial charge >= 0.3 is 0 Å². The van der Waals surface area contributed by atoms with Crippen molar-refractivity contribution in [2.45, 2.75) is 39.0 Å². The van der Waals surface area contributed by atoms with Crippen molar-refractivity contribution in [2.24, 2.45) is 5.41 Å². The van der Waals surface area contributed by atoms with E-state index in [1.54, 1.807) is 0 Å². The van der Waals surface area contributed by atoms with E-state index in [-0.39, 0.29) is 5.41 Å². The highest BCUT2D eigenvalue weighted by atomic mass is 15.2. The van der Waals surface area contributed by atoms with Gasteiger partial charge in [0.2, 0.25) is 0 Å². The van der Waals surface area contributed by atoms with Crippen LogP contribution >= 0.6 is 0 Å². The van der Waals surface area contributed by atoms with Crippen molar-refractivity contribution in [3.63, 3.8) is 0 Å². The Balaban J connectivity index is 1.75. The number of benzene rings is 1. The molecule has 2 heterocycles. The minimum Gasteiger partial charge on any atom is -0.371 e. The molecule has 0 saturated carbocycles. The summed E-state index contributed by atoms with van der Waals surface area (Å²) in [7, 11) is 0. The van der Waals surface area contributed by atoms with E-state index in [2.05, 4.69) is 55.3 Å². The summed E-state index contributed by atoms with van der Waals surface area (Å²) in [6.07, 6.45) is 2.74. The molecule has 1 aromatic rings. The minimum atomic E-state index is 0.250. The van der Waals surface area contributed by atoms with E-state index in [1.807, 2.05) is 0 Å². The maximum atomic E-state index is 3.45. The third-order valence-electron chi connectivity index (χ3n) is 4.76. The molecule has 2 saturated heterocycles. The average Bonchev–Trinajstić information content (AvgIpc) is 2.36. The van der Waals surface area contributed by atoms with Crippen LogP contribution in [-0.2, 0) is 5.41 Å². The van der Waals surface area contributed by atoms with E-state index in [9.17, 15) is 0 Å². The summed E-state index contributed by atoms with van der Waals surface area (Å²) in [6, 6.07) is 9.22. The van der Waals surface area contributed by atoms with Crippen LogP contribution in [-0.4, -0.2) is 26.2 Å². The number of nitrogens with one attached hydrogen (secondary N) is 1. The molecule has 2 heteroatoms. The monoisotopic (exact) mass is 258 g/mol. The van der Waals surface area contributed by atoms with Gasteiger partial charge in [-0.3, -0.25) is 0 Å². The Kier molecular flexibility index (Phi) is 3.09. The molecule has 0 aliphatic carbocycles. The number of rotatable bonds is 1. The van der Waals surface area contributed by atoms with Crippen LogP contribution < -0.4 is 10.2 Å². The topological polar surface area (TPSA) is 15.3 Å². The molecule has 2 nitrogen and oxygen atoms in total. The molecule has 104 valence electrons. The van der Waals surface area contributed by atoms with Crippen LogP contribution in [0.25, 0.3) is 0 Å². The van der Waals surface area contributed by atoms with Gasteiger partial charge in [-0.05, 0) is 36.0 Å². The van der Waals surface area contributed by atoms with Crippen LogP contribution in [0.2, 0.25) is 0 Å². The second-order valence-corrected chi connectivity index (χ2v) is 7.43. The van der Waals surface area contributed by atoms with Crippen LogP contribution in [0, 0.1) is 5.41 Å². The highest BCUT2D eigenvalue weighted by Crippen LogP contribution is 2.36. The molecule has 1 spiro atoms. The minimum absolute atomic E-state index is 0.250. The molecule has 0 unspecified atom stereocenters. The SMILES string of the molecule is CC(C)(C)c1ccc(N2CCCC3(CNC3)C2)cc1. The van der Waals surface area contributed by atoms with Crippen molar-refractivity contribution in [3.05, 3.63) is 29.8 Å². The van der Waals surface area contributed by atoms with Gasteiger partial charge in [0, 0.05) is 37.3 Å². The lowest BCUT2D eigenvalue weighted by Crippen LogP contribution is -2.61. The molecule has 0 aromatic heterocycles. The highest BCUT2D eigenvalue weighted by Gasteiger charge is 2.40. The molecule has 1 N–H and O–H groups in total. The van der Waals surface area contributed by atoms with Gasteiger partial charge in [-0.25, -0.2) is 0 Å². The largest absolute Gasteiger partial charge is 0.371 e. The predicted molar refractivity (Wildman–Crippen MR) is 81.9 cm³/mol. The smallest absolute Gasteiger partial charge is 0.0366 e. The van der Waals surface area contributed by atoms with Crippen molar-refractivity contribution in [2.75, 3.05) is 31.1 Å². The van der Waals surface area contributed by atoms with Crippen LogP contribution in [0.1, 0.15) is 39.2 Å². The van der Waals surface area contributed by atoms with Gasteiger partial charge in [-0.2, -0.15) is 0 Å². The van der Waals surface area contributed by atoms with E-state index in [0.29, 0.717) is 5.41 Å². The first-order valence-corrected chi connectivity index (χ1v) is 7.55. The second-order valence-electron chi connectivity index (χ2n) is 7.43. The van der Waals surface area contributed by atoms with Gasteiger partial charge in [0.25, 0.3) is 0 Å². The summed E-state index contributed by atoms with van der Waals surface area (Å²) in [5.41, 5.74) is 3.65. The highest BCUT2D eigenvalue weighted by molar-refractivity contribution is 5.49. The molecule has 0 bridgehead atoms. The second kappa shape index (κ2) is 4.52. The van der Waals surface area contributed by atoms with Crippen molar-refractivity contribution < 1.29 is 0 Å². The quantitative estimate of drug-likeness (QED) is 0.832. The third-order valence-corrected chi connectivity index (χ3v) is 4.76. The molecule has 2 aliphatic heterocycles. The maximum absolute atomic E-state index is 3.45. The van der Waals surface area contributed by atoms with E-state index < -0.39 is 0 Å². The summed E-state index contributed by atoms with van der Waals surface area (Å²) < 4.78 is 0. The predicted octanol–water partition coefficient (Wildman–Crippen LogP) is 3.17. The van der Waals surface area contributed by atoms with Crippen molar-refractivity contribution in [1.82, 2.24) is 5.32 Å². The lowest BCUT2D eigenvalue weighted by molar-refractivity contribution is 0.138. The zero-order chi connectivity index (χ0) is 13.5. The first-order valence-electron chi connectivity index (χ1n) is 7.55. The normalized spacial score (nSPS) is 22.4. The van der Waals surface area contributed by atoms with Crippen LogP contribution in [0.15, 0.2) is 24.3 Å². The molecule has 0 atom stereocenters. The maximum Gasteiger partial charge on any atom is 0.0366 e. The molecular weight excluding hydrogens is 232 g/mol. The molecule has 0 radical (unpaired) electrons. The molecule has 2 aliphatic rings. The summed E-state index contributed by atoms with van der Waals surface area (Å²) in [5.74, 6) is 0. The number of piperidine rings is 1. The summed E-state index contributed by atoms with van der Waals surface area (Å²) >= 11 is 0. The lowest BCUT2D eigenvalue weighted by Gasteiger charge is -2.50. The van der Waals surface area contributed by atoms with Crippen molar-refractivity contribution in [3.8, 4) is 0 Å². The molecule has 1 aromatic carbocycles. The molecule has 0 amide bonds. The van der Waals surface area contributed by atoms with Gasteiger partial charge in [0.15, 0.2) is 0 Å². The Bertz CT molecular complexity index is 437. The summed E-state index contributed by atoms with van der Waals surface area (Å²) in [5, 5.41) is 3.45. The molecule has 3 rings (SSSR count). The van der Waals surface area contributed by atoms with E-state index >= 15 is 0 Å². The van der Waals surface area contributed by atoms with Gasteiger partial charge in [-0.15, -0.1) is 0 Å². The van der Waals surface area contributed by atoms with Crippen LogP contribution in [0.4, 0.5) is 5.69 Å². The zero-order valence-corrected chi connectivity index (χ0v) is 12.5. The Morgan fingerprint density at radius 2 is 1.79 bits per heavy atom. The Labute approximate surface area is 117 Å². The number of hydrogen-bond acceptors (Lipinski definition) is 2. The van der Waals surface area contributed by atoms with E-state index in [4.69, 9.17) is 0 Å². The van der Waals surface area contributed by atoms with Gasteiger partial charge in [-0.1, -0.05) is 32.9 Å². The van der Waals surface area contributed by atoms with E-state index in [1.165, 1.54) is 50.3 Å². The number of nitrogens with zero attached hydrogens (tertiary/aromatic N) is 1. The Morgan fingerprint density at radius 3 is 2.32 bits per heavy atom. The number of hydrogen-bond donors (Lipinski definition) is 1. The summed E-state index contributed by atoms with van der Waals surface area (Å²) in [6.45, 7) is 11.7. The Morgan fingerprint density at radius 1 is 1.11 bits per heavy atom.